The monoisotopic (exact) mass is 220 g/mol. The Balaban J connectivity index is 2.73. The highest BCUT2D eigenvalue weighted by molar-refractivity contribution is 5.85. The molecule has 1 unspecified atom stereocenters. The van der Waals surface area contributed by atoms with Gasteiger partial charge in [-0.3, -0.25) is 0 Å². The second-order valence-electron chi connectivity index (χ2n) is 4.05. The minimum absolute atomic E-state index is 0.0227. The van der Waals surface area contributed by atoms with E-state index in [9.17, 15) is 4.39 Å². The van der Waals surface area contributed by atoms with E-state index in [0.29, 0.717) is 5.52 Å². The minimum Gasteiger partial charge on any atom is -0.356 e. The molecule has 0 saturated carbocycles. The van der Waals surface area contributed by atoms with Gasteiger partial charge in [0.15, 0.2) is 0 Å². The number of halogens is 1. The maximum absolute atomic E-state index is 13.6. The molecule has 0 amide bonds. The van der Waals surface area contributed by atoms with E-state index in [-0.39, 0.29) is 11.9 Å². The number of rotatable bonds is 3. The highest BCUT2D eigenvalue weighted by Crippen LogP contribution is 2.30. The Morgan fingerprint density at radius 2 is 2.12 bits per heavy atom. The number of aryl methyl sites for hydroxylation is 1. The molecule has 3 heteroatoms. The van der Waals surface area contributed by atoms with Crippen molar-refractivity contribution in [1.29, 1.82) is 0 Å². The Hall–Kier alpha value is -1.35. The number of para-hydroxylation sites is 1. The SMILES string of the molecule is CCc1[nH]c2c(F)cccc2c1C(N)CC. The van der Waals surface area contributed by atoms with E-state index in [1.54, 1.807) is 6.07 Å². The number of H-pyrrole nitrogens is 1. The van der Waals surface area contributed by atoms with Crippen molar-refractivity contribution >= 4 is 10.9 Å². The normalized spacial score (nSPS) is 13.2. The molecule has 1 heterocycles. The maximum Gasteiger partial charge on any atom is 0.147 e. The average Bonchev–Trinajstić information content (AvgIpc) is 2.68. The highest BCUT2D eigenvalue weighted by Gasteiger charge is 2.16. The average molecular weight is 220 g/mol. The van der Waals surface area contributed by atoms with Gasteiger partial charge >= 0.3 is 0 Å². The summed E-state index contributed by atoms with van der Waals surface area (Å²) in [5.41, 5.74) is 8.79. The van der Waals surface area contributed by atoms with Gasteiger partial charge in [0.05, 0.1) is 5.52 Å². The number of fused-ring (bicyclic) bond motifs is 1. The third kappa shape index (κ3) is 1.61. The number of aromatic nitrogens is 1. The molecule has 0 bridgehead atoms. The molecule has 0 aliphatic carbocycles. The quantitative estimate of drug-likeness (QED) is 0.819. The van der Waals surface area contributed by atoms with Crippen LogP contribution in [0.3, 0.4) is 0 Å². The third-order valence-electron chi connectivity index (χ3n) is 3.07. The molecule has 1 aromatic carbocycles. The molecule has 1 atom stereocenters. The van der Waals surface area contributed by atoms with Crippen LogP contribution in [0.2, 0.25) is 0 Å². The second kappa shape index (κ2) is 4.26. The van der Waals surface area contributed by atoms with Crippen LogP contribution in [0.4, 0.5) is 4.39 Å². The fourth-order valence-corrected chi connectivity index (χ4v) is 2.16. The first-order valence-electron chi connectivity index (χ1n) is 5.73. The first kappa shape index (κ1) is 11.1. The molecule has 2 rings (SSSR count). The predicted octanol–water partition coefficient (Wildman–Crippen LogP) is 3.28. The van der Waals surface area contributed by atoms with Crippen LogP contribution in [0.1, 0.15) is 37.6 Å². The Morgan fingerprint density at radius 3 is 2.75 bits per heavy atom. The second-order valence-corrected chi connectivity index (χ2v) is 4.05. The van der Waals surface area contributed by atoms with Crippen LogP contribution >= 0.6 is 0 Å². The lowest BCUT2D eigenvalue weighted by Crippen LogP contribution is -2.10. The molecule has 0 spiro atoms. The summed E-state index contributed by atoms with van der Waals surface area (Å²) in [6.07, 6.45) is 1.70. The highest BCUT2D eigenvalue weighted by atomic mass is 19.1. The van der Waals surface area contributed by atoms with Gasteiger partial charge in [-0.1, -0.05) is 26.0 Å². The Bertz CT molecular complexity index is 502. The van der Waals surface area contributed by atoms with Gasteiger partial charge in [0.25, 0.3) is 0 Å². The minimum atomic E-state index is -0.207. The topological polar surface area (TPSA) is 41.8 Å². The molecule has 3 N–H and O–H groups in total. The molecule has 16 heavy (non-hydrogen) atoms. The number of nitrogens with one attached hydrogen (secondary N) is 1. The molecular formula is C13H17FN2. The summed E-state index contributed by atoms with van der Waals surface area (Å²) in [4.78, 5) is 3.14. The number of aromatic amines is 1. The molecule has 0 fully saturated rings. The van der Waals surface area contributed by atoms with E-state index in [1.165, 1.54) is 6.07 Å². The molecule has 0 aliphatic heterocycles. The van der Waals surface area contributed by atoms with Gasteiger partial charge in [-0.15, -0.1) is 0 Å². The zero-order chi connectivity index (χ0) is 11.7. The number of hydrogen-bond acceptors (Lipinski definition) is 1. The molecule has 2 nitrogen and oxygen atoms in total. The number of benzene rings is 1. The van der Waals surface area contributed by atoms with Gasteiger partial charge in [0.1, 0.15) is 5.82 Å². The first-order valence-corrected chi connectivity index (χ1v) is 5.73. The van der Waals surface area contributed by atoms with Crippen molar-refractivity contribution in [1.82, 2.24) is 4.98 Å². The molecule has 2 aromatic rings. The third-order valence-corrected chi connectivity index (χ3v) is 3.07. The molecule has 1 aromatic heterocycles. The number of hydrogen-bond donors (Lipinski definition) is 2. The van der Waals surface area contributed by atoms with Crippen molar-refractivity contribution in [2.24, 2.45) is 5.73 Å². The van der Waals surface area contributed by atoms with Crippen LogP contribution in [-0.4, -0.2) is 4.98 Å². The van der Waals surface area contributed by atoms with Crippen LogP contribution in [0.5, 0.6) is 0 Å². The molecule has 0 aliphatic rings. The van der Waals surface area contributed by atoms with Crippen LogP contribution in [0, 0.1) is 5.82 Å². The Morgan fingerprint density at radius 1 is 1.38 bits per heavy atom. The van der Waals surface area contributed by atoms with E-state index in [2.05, 4.69) is 11.9 Å². The van der Waals surface area contributed by atoms with Gasteiger partial charge in [0, 0.05) is 17.1 Å². The fourth-order valence-electron chi connectivity index (χ4n) is 2.16. The van der Waals surface area contributed by atoms with Crippen molar-refractivity contribution in [3.8, 4) is 0 Å². The van der Waals surface area contributed by atoms with E-state index in [4.69, 9.17) is 5.73 Å². The van der Waals surface area contributed by atoms with Crippen LogP contribution < -0.4 is 5.73 Å². The lowest BCUT2D eigenvalue weighted by molar-refractivity contribution is 0.637. The zero-order valence-corrected chi connectivity index (χ0v) is 9.68. The lowest BCUT2D eigenvalue weighted by atomic mass is 10.0. The predicted molar refractivity (Wildman–Crippen MR) is 64.9 cm³/mol. The summed E-state index contributed by atoms with van der Waals surface area (Å²) in [7, 11) is 0. The summed E-state index contributed by atoms with van der Waals surface area (Å²) >= 11 is 0. The van der Waals surface area contributed by atoms with Gasteiger partial charge in [-0.2, -0.15) is 0 Å². The fraction of sp³-hybridized carbons (Fsp3) is 0.385. The Labute approximate surface area is 94.7 Å². The van der Waals surface area contributed by atoms with Gasteiger partial charge in [0.2, 0.25) is 0 Å². The summed E-state index contributed by atoms with van der Waals surface area (Å²) in [6, 6.07) is 5.11. The summed E-state index contributed by atoms with van der Waals surface area (Å²) in [5, 5.41) is 0.922. The smallest absolute Gasteiger partial charge is 0.147 e. The molecule has 86 valence electrons. The molecular weight excluding hydrogens is 203 g/mol. The van der Waals surface area contributed by atoms with Crippen LogP contribution in [0.25, 0.3) is 10.9 Å². The van der Waals surface area contributed by atoms with Crippen LogP contribution in [-0.2, 0) is 6.42 Å². The number of nitrogens with two attached hydrogens (primary N) is 1. The largest absolute Gasteiger partial charge is 0.356 e. The maximum atomic E-state index is 13.6. The standard InChI is InChI=1S/C13H17FN2/c1-3-10(15)12-8-6-5-7-9(14)13(8)16-11(12)4-2/h5-7,10,16H,3-4,15H2,1-2H3. The van der Waals surface area contributed by atoms with Crippen molar-refractivity contribution in [3.05, 3.63) is 35.3 Å². The van der Waals surface area contributed by atoms with E-state index >= 15 is 0 Å². The summed E-state index contributed by atoms with van der Waals surface area (Å²) in [6.45, 7) is 4.09. The molecule has 0 saturated heterocycles. The van der Waals surface area contributed by atoms with Gasteiger partial charge in [-0.05, 0) is 24.5 Å². The zero-order valence-electron chi connectivity index (χ0n) is 9.68. The van der Waals surface area contributed by atoms with Crippen molar-refractivity contribution in [2.45, 2.75) is 32.7 Å². The summed E-state index contributed by atoms with van der Waals surface area (Å²) < 4.78 is 13.6. The Kier molecular flexibility index (Phi) is 2.97. The summed E-state index contributed by atoms with van der Waals surface area (Å²) in [5.74, 6) is -0.207. The van der Waals surface area contributed by atoms with Crippen molar-refractivity contribution in [3.63, 3.8) is 0 Å². The van der Waals surface area contributed by atoms with Crippen LogP contribution in [0.15, 0.2) is 18.2 Å². The van der Waals surface area contributed by atoms with Gasteiger partial charge < -0.3 is 10.7 Å². The van der Waals surface area contributed by atoms with Crippen molar-refractivity contribution < 1.29 is 4.39 Å². The first-order chi connectivity index (χ1) is 7.69. The molecule has 0 radical (unpaired) electrons. The van der Waals surface area contributed by atoms with Crippen molar-refractivity contribution in [2.75, 3.05) is 0 Å². The van der Waals surface area contributed by atoms with E-state index < -0.39 is 0 Å². The lowest BCUT2D eigenvalue weighted by Gasteiger charge is -2.10. The van der Waals surface area contributed by atoms with E-state index in [0.717, 1.165) is 29.5 Å². The van der Waals surface area contributed by atoms with E-state index in [1.807, 2.05) is 13.0 Å². The van der Waals surface area contributed by atoms with Gasteiger partial charge in [-0.25, -0.2) is 4.39 Å².